The Balaban J connectivity index is 1.92. The number of hydrogen-bond acceptors (Lipinski definition) is 4. The average molecular weight is 231 g/mol. The van der Waals surface area contributed by atoms with E-state index in [1.165, 1.54) is 0 Å². The van der Waals surface area contributed by atoms with Gasteiger partial charge in [-0.1, -0.05) is 0 Å². The van der Waals surface area contributed by atoms with Gasteiger partial charge in [0.05, 0.1) is 11.6 Å². The highest BCUT2D eigenvalue weighted by atomic mass is 15.3. The van der Waals surface area contributed by atoms with E-state index in [1.54, 1.807) is 0 Å². The van der Waals surface area contributed by atoms with E-state index in [4.69, 9.17) is 0 Å². The highest BCUT2D eigenvalue weighted by Gasteiger charge is 2.21. The van der Waals surface area contributed by atoms with Gasteiger partial charge in [0, 0.05) is 19.2 Å². The Bertz CT molecular complexity index is 525. The Labute approximate surface area is 100 Å². The van der Waals surface area contributed by atoms with Crippen molar-refractivity contribution in [3.63, 3.8) is 0 Å². The molecule has 0 unspecified atom stereocenters. The summed E-state index contributed by atoms with van der Waals surface area (Å²) in [6.07, 6.45) is 6.01. The van der Waals surface area contributed by atoms with Crippen molar-refractivity contribution in [2.24, 2.45) is 7.05 Å². The minimum absolute atomic E-state index is 0.505. The van der Waals surface area contributed by atoms with Crippen LogP contribution in [0.15, 0.2) is 12.4 Å². The molecule has 5 heteroatoms. The van der Waals surface area contributed by atoms with Crippen LogP contribution in [0.2, 0.25) is 0 Å². The van der Waals surface area contributed by atoms with Gasteiger partial charge in [-0.05, 0) is 33.0 Å². The molecule has 0 amide bonds. The number of nitrogens with zero attached hydrogens (tertiary/aromatic N) is 5. The molecular weight excluding hydrogens is 214 g/mol. The van der Waals surface area contributed by atoms with Crippen LogP contribution in [0.1, 0.15) is 24.6 Å². The summed E-state index contributed by atoms with van der Waals surface area (Å²) in [5.74, 6) is 1.49. The third kappa shape index (κ3) is 1.91. The van der Waals surface area contributed by atoms with Gasteiger partial charge in [0.2, 0.25) is 0 Å². The molecule has 90 valence electrons. The number of rotatable bonds is 1. The van der Waals surface area contributed by atoms with Crippen LogP contribution in [0, 0.1) is 0 Å². The van der Waals surface area contributed by atoms with Crippen molar-refractivity contribution in [2.45, 2.75) is 18.8 Å². The summed E-state index contributed by atoms with van der Waals surface area (Å²) in [6.45, 7) is 2.27. The first-order valence-electron chi connectivity index (χ1n) is 6.07. The van der Waals surface area contributed by atoms with E-state index in [9.17, 15) is 0 Å². The molecule has 0 atom stereocenters. The van der Waals surface area contributed by atoms with Gasteiger partial charge in [-0.2, -0.15) is 5.10 Å². The monoisotopic (exact) mass is 231 g/mol. The number of fused-ring (bicyclic) bond motifs is 1. The molecule has 3 heterocycles. The summed E-state index contributed by atoms with van der Waals surface area (Å²) in [7, 11) is 4.09. The number of hydrogen-bond donors (Lipinski definition) is 0. The van der Waals surface area contributed by atoms with Crippen molar-refractivity contribution in [2.75, 3.05) is 20.1 Å². The standard InChI is InChI=1S/C12H17N5/c1-16-5-3-9(4-6-16)11-13-7-10-8-14-17(2)12(10)15-11/h7-9H,3-6H2,1-2H3. The lowest BCUT2D eigenvalue weighted by molar-refractivity contribution is 0.251. The topological polar surface area (TPSA) is 46.8 Å². The number of piperidine rings is 1. The second-order valence-corrected chi connectivity index (χ2v) is 4.85. The smallest absolute Gasteiger partial charge is 0.161 e. The molecule has 3 rings (SSSR count). The third-order valence-electron chi connectivity index (χ3n) is 3.57. The first kappa shape index (κ1) is 10.7. The van der Waals surface area contributed by atoms with Crippen molar-refractivity contribution in [3.8, 4) is 0 Å². The minimum Gasteiger partial charge on any atom is -0.306 e. The number of aromatic nitrogens is 4. The van der Waals surface area contributed by atoms with E-state index < -0.39 is 0 Å². The Morgan fingerprint density at radius 2 is 1.94 bits per heavy atom. The lowest BCUT2D eigenvalue weighted by atomic mass is 9.96. The predicted molar refractivity (Wildman–Crippen MR) is 65.8 cm³/mol. The maximum Gasteiger partial charge on any atom is 0.161 e. The Morgan fingerprint density at radius 1 is 1.18 bits per heavy atom. The van der Waals surface area contributed by atoms with Crippen LogP contribution >= 0.6 is 0 Å². The van der Waals surface area contributed by atoms with Crippen LogP contribution in [0.3, 0.4) is 0 Å². The Morgan fingerprint density at radius 3 is 2.71 bits per heavy atom. The lowest BCUT2D eigenvalue weighted by Crippen LogP contribution is -2.29. The second kappa shape index (κ2) is 4.07. The molecular formula is C12H17N5. The third-order valence-corrected chi connectivity index (χ3v) is 3.57. The summed E-state index contributed by atoms with van der Waals surface area (Å²) in [6, 6.07) is 0. The van der Waals surface area contributed by atoms with Gasteiger partial charge in [-0.15, -0.1) is 0 Å². The molecule has 2 aromatic rings. The zero-order valence-corrected chi connectivity index (χ0v) is 10.3. The molecule has 0 bridgehead atoms. The van der Waals surface area contributed by atoms with Gasteiger partial charge in [0.15, 0.2) is 5.65 Å². The Hall–Kier alpha value is -1.49. The molecule has 0 N–H and O–H groups in total. The van der Waals surface area contributed by atoms with Gasteiger partial charge in [0.1, 0.15) is 5.82 Å². The van der Waals surface area contributed by atoms with Crippen molar-refractivity contribution >= 4 is 11.0 Å². The van der Waals surface area contributed by atoms with Crippen LogP contribution < -0.4 is 0 Å². The summed E-state index contributed by atoms with van der Waals surface area (Å²) in [5, 5.41) is 5.22. The van der Waals surface area contributed by atoms with E-state index in [0.717, 1.165) is 42.8 Å². The van der Waals surface area contributed by atoms with Gasteiger partial charge >= 0.3 is 0 Å². The van der Waals surface area contributed by atoms with E-state index in [-0.39, 0.29) is 0 Å². The van der Waals surface area contributed by atoms with E-state index >= 15 is 0 Å². The average Bonchev–Trinajstić information content (AvgIpc) is 2.72. The Kier molecular flexibility index (Phi) is 2.55. The molecule has 5 nitrogen and oxygen atoms in total. The molecule has 2 aromatic heterocycles. The van der Waals surface area contributed by atoms with Crippen LogP contribution in [0.4, 0.5) is 0 Å². The van der Waals surface area contributed by atoms with E-state index in [2.05, 4.69) is 27.0 Å². The zero-order chi connectivity index (χ0) is 11.8. The fraction of sp³-hybridized carbons (Fsp3) is 0.583. The molecule has 0 aromatic carbocycles. The van der Waals surface area contributed by atoms with E-state index in [1.807, 2.05) is 24.1 Å². The van der Waals surface area contributed by atoms with E-state index in [0.29, 0.717) is 5.92 Å². The predicted octanol–water partition coefficient (Wildman–Crippen LogP) is 1.17. The zero-order valence-electron chi connectivity index (χ0n) is 10.3. The highest BCUT2D eigenvalue weighted by molar-refractivity contribution is 5.73. The van der Waals surface area contributed by atoms with Crippen molar-refractivity contribution in [3.05, 3.63) is 18.2 Å². The second-order valence-electron chi connectivity index (χ2n) is 4.85. The molecule has 1 saturated heterocycles. The number of likely N-dealkylation sites (tertiary alicyclic amines) is 1. The largest absolute Gasteiger partial charge is 0.306 e. The van der Waals surface area contributed by atoms with Crippen molar-refractivity contribution in [1.29, 1.82) is 0 Å². The first-order valence-corrected chi connectivity index (χ1v) is 6.07. The fourth-order valence-corrected chi connectivity index (χ4v) is 2.41. The summed E-state index contributed by atoms with van der Waals surface area (Å²) < 4.78 is 1.81. The van der Waals surface area contributed by atoms with Crippen LogP contribution in [-0.4, -0.2) is 44.8 Å². The molecule has 17 heavy (non-hydrogen) atoms. The first-order chi connectivity index (χ1) is 8.24. The molecule has 1 aliphatic rings. The molecule has 0 saturated carbocycles. The summed E-state index contributed by atoms with van der Waals surface area (Å²) in [5.41, 5.74) is 0.939. The summed E-state index contributed by atoms with van der Waals surface area (Å²) in [4.78, 5) is 11.5. The molecule has 1 aliphatic heterocycles. The minimum atomic E-state index is 0.505. The van der Waals surface area contributed by atoms with Crippen molar-refractivity contribution in [1.82, 2.24) is 24.6 Å². The lowest BCUT2D eigenvalue weighted by Gasteiger charge is -2.27. The molecule has 0 aliphatic carbocycles. The SMILES string of the molecule is CN1CCC(c2ncc3cnn(C)c3n2)CC1. The maximum absolute atomic E-state index is 4.65. The normalized spacial score (nSPS) is 18.9. The van der Waals surface area contributed by atoms with Crippen LogP contribution in [-0.2, 0) is 7.05 Å². The molecule has 0 spiro atoms. The maximum atomic E-state index is 4.65. The van der Waals surface area contributed by atoms with Crippen molar-refractivity contribution < 1.29 is 0 Å². The van der Waals surface area contributed by atoms with Gasteiger partial charge < -0.3 is 4.90 Å². The van der Waals surface area contributed by atoms with Crippen LogP contribution in [0.25, 0.3) is 11.0 Å². The van der Waals surface area contributed by atoms with Crippen LogP contribution in [0.5, 0.6) is 0 Å². The summed E-state index contributed by atoms with van der Waals surface area (Å²) >= 11 is 0. The number of aryl methyl sites for hydroxylation is 1. The molecule has 1 fully saturated rings. The fourth-order valence-electron chi connectivity index (χ4n) is 2.41. The van der Waals surface area contributed by atoms with Gasteiger partial charge in [-0.3, -0.25) is 4.68 Å². The quantitative estimate of drug-likeness (QED) is 0.739. The van der Waals surface area contributed by atoms with Gasteiger partial charge in [0.25, 0.3) is 0 Å². The highest BCUT2D eigenvalue weighted by Crippen LogP contribution is 2.25. The molecule has 0 radical (unpaired) electrons. The van der Waals surface area contributed by atoms with Gasteiger partial charge in [-0.25, -0.2) is 9.97 Å².